The van der Waals surface area contributed by atoms with Crippen LogP contribution in [0, 0.1) is 11.7 Å². The smallest absolute Gasteiger partial charge is 0.266 e. The number of amides is 1. The van der Waals surface area contributed by atoms with Crippen LogP contribution in [0.3, 0.4) is 0 Å². The van der Waals surface area contributed by atoms with Gasteiger partial charge in [0.05, 0.1) is 5.69 Å². The molecule has 0 spiro atoms. The predicted octanol–water partition coefficient (Wildman–Crippen LogP) is 3.49. The summed E-state index contributed by atoms with van der Waals surface area (Å²) in [6.45, 7) is 2.07. The minimum atomic E-state index is -0.333. The number of hydrogen-bond donors (Lipinski definition) is 1. The highest BCUT2D eigenvalue weighted by Gasteiger charge is 2.33. The third-order valence-corrected chi connectivity index (χ3v) is 5.29. The highest BCUT2D eigenvalue weighted by Crippen LogP contribution is 2.38. The van der Waals surface area contributed by atoms with E-state index in [1.165, 1.54) is 36.3 Å². The number of fused-ring (bicyclic) bond motifs is 1. The minimum absolute atomic E-state index is 0.0662. The molecule has 106 valence electrons. The quantitative estimate of drug-likeness (QED) is 0.941. The van der Waals surface area contributed by atoms with E-state index in [1.807, 2.05) is 7.05 Å². The molecule has 1 aromatic heterocycles. The number of nitrogen functional groups attached to an aromatic ring is 1. The van der Waals surface area contributed by atoms with Crippen LogP contribution in [-0.2, 0) is 0 Å². The standard InChI is InChI=1S/C15H17FN2OS/c1-8(9-3-4-9)18(2)15(19)14-13(17)11-7-10(16)5-6-12(11)20-14/h5-9H,3-4,17H2,1-2H3. The van der Waals surface area contributed by atoms with E-state index in [2.05, 4.69) is 6.92 Å². The van der Waals surface area contributed by atoms with Crippen LogP contribution < -0.4 is 5.73 Å². The second kappa shape index (κ2) is 4.74. The summed E-state index contributed by atoms with van der Waals surface area (Å²) in [5, 5.41) is 0.630. The molecule has 1 aliphatic rings. The van der Waals surface area contributed by atoms with Crippen LogP contribution in [0.5, 0.6) is 0 Å². The zero-order valence-electron chi connectivity index (χ0n) is 11.5. The topological polar surface area (TPSA) is 46.3 Å². The van der Waals surface area contributed by atoms with E-state index in [0.29, 0.717) is 21.9 Å². The van der Waals surface area contributed by atoms with Crippen LogP contribution in [0.15, 0.2) is 18.2 Å². The van der Waals surface area contributed by atoms with Crippen molar-refractivity contribution in [2.45, 2.75) is 25.8 Å². The first kappa shape index (κ1) is 13.4. The zero-order chi connectivity index (χ0) is 14.4. The summed E-state index contributed by atoms with van der Waals surface area (Å²) in [4.78, 5) is 14.8. The van der Waals surface area contributed by atoms with Gasteiger partial charge in [0.15, 0.2) is 0 Å². The van der Waals surface area contributed by atoms with Crippen LogP contribution in [0.1, 0.15) is 29.4 Å². The monoisotopic (exact) mass is 292 g/mol. The Balaban J connectivity index is 1.96. The van der Waals surface area contributed by atoms with Gasteiger partial charge in [0, 0.05) is 23.2 Å². The van der Waals surface area contributed by atoms with Crippen molar-refractivity contribution in [2.75, 3.05) is 12.8 Å². The Morgan fingerprint density at radius 3 is 2.85 bits per heavy atom. The van der Waals surface area contributed by atoms with Crippen molar-refractivity contribution >= 4 is 33.0 Å². The van der Waals surface area contributed by atoms with Crippen molar-refractivity contribution in [1.82, 2.24) is 4.90 Å². The number of thiophene rings is 1. The highest BCUT2D eigenvalue weighted by molar-refractivity contribution is 7.21. The van der Waals surface area contributed by atoms with E-state index in [1.54, 1.807) is 11.0 Å². The minimum Gasteiger partial charge on any atom is -0.397 e. The van der Waals surface area contributed by atoms with Crippen LogP contribution in [-0.4, -0.2) is 23.9 Å². The highest BCUT2D eigenvalue weighted by atomic mass is 32.1. The third kappa shape index (κ3) is 2.16. The second-order valence-corrected chi connectivity index (χ2v) is 6.53. The molecule has 1 aromatic carbocycles. The maximum Gasteiger partial charge on any atom is 0.266 e. The number of carbonyl (C=O) groups excluding carboxylic acids is 1. The van der Waals surface area contributed by atoms with Crippen LogP contribution in [0.25, 0.3) is 10.1 Å². The molecule has 5 heteroatoms. The summed E-state index contributed by atoms with van der Waals surface area (Å²) in [5.74, 6) is 0.209. The number of hydrogen-bond acceptors (Lipinski definition) is 3. The fourth-order valence-corrected chi connectivity index (χ4v) is 3.57. The molecule has 1 saturated carbocycles. The van der Waals surface area contributed by atoms with Gasteiger partial charge in [-0.05, 0) is 43.9 Å². The molecule has 1 amide bonds. The fourth-order valence-electron chi connectivity index (χ4n) is 2.49. The van der Waals surface area contributed by atoms with E-state index in [9.17, 15) is 9.18 Å². The number of halogens is 1. The van der Waals surface area contributed by atoms with Crippen molar-refractivity contribution in [2.24, 2.45) is 5.92 Å². The summed E-state index contributed by atoms with van der Waals surface area (Å²) >= 11 is 1.34. The number of carbonyl (C=O) groups is 1. The van der Waals surface area contributed by atoms with Crippen LogP contribution >= 0.6 is 11.3 Å². The molecule has 1 unspecified atom stereocenters. The van der Waals surface area contributed by atoms with Gasteiger partial charge in [-0.15, -0.1) is 11.3 Å². The van der Waals surface area contributed by atoms with E-state index in [4.69, 9.17) is 5.73 Å². The molecule has 20 heavy (non-hydrogen) atoms. The Kier molecular flexibility index (Phi) is 3.17. The van der Waals surface area contributed by atoms with Gasteiger partial charge in [-0.2, -0.15) is 0 Å². The van der Waals surface area contributed by atoms with Gasteiger partial charge in [-0.25, -0.2) is 4.39 Å². The van der Waals surface area contributed by atoms with Crippen LogP contribution in [0.2, 0.25) is 0 Å². The Labute approximate surface area is 121 Å². The number of benzene rings is 1. The Hall–Kier alpha value is -1.62. The maximum absolute atomic E-state index is 13.3. The van der Waals surface area contributed by atoms with Gasteiger partial charge in [-0.3, -0.25) is 4.79 Å². The molecular formula is C15H17FN2OS. The molecule has 0 saturated heterocycles. The molecule has 2 aromatic rings. The maximum atomic E-state index is 13.3. The lowest BCUT2D eigenvalue weighted by atomic mass is 10.1. The first-order valence-electron chi connectivity index (χ1n) is 6.73. The molecular weight excluding hydrogens is 275 g/mol. The van der Waals surface area contributed by atoms with Crippen molar-refractivity contribution in [3.63, 3.8) is 0 Å². The number of nitrogens with two attached hydrogens (primary N) is 1. The molecule has 1 atom stereocenters. The molecule has 1 heterocycles. The Bertz CT molecular complexity index is 678. The molecule has 1 fully saturated rings. The SMILES string of the molecule is CC(C1CC1)N(C)C(=O)c1sc2ccc(F)cc2c1N. The van der Waals surface area contributed by atoms with Gasteiger partial charge in [0.1, 0.15) is 10.7 Å². The number of nitrogens with zero attached hydrogens (tertiary/aromatic N) is 1. The largest absolute Gasteiger partial charge is 0.397 e. The predicted molar refractivity (Wildman–Crippen MR) is 80.5 cm³/mol. The fraction of sp³-hybridized carbons (Fsp3) is 0.400. The summed E-state index contributed by atoms with van der Waals surface area (Å²) in [7, 11) is 1.82. The molecule has 0 aliphatic heterocycles. The van der Waals surface area contributed by atoms with E-state index < -0.39 is 0 Å². The zero-order valence-corrected chi connectivity index (χ0v) is 12.3. The third-order valence-electron chi connectivity index (χ3n) is 4.12. The number of anilines is 1. The molecule has 0 bridgehead atoms. The van der Waals surface area contributed by atoms with Crippen molar-refractivity contribution < 1.29 is 9.18 Å². The normalized spacial score (nSPS) is 16.4. The summed E-state index contributed by atoms with van der Waals surface area (Å²) in [6, 6.07) is 4.68. The van der Waals surface area contributed by atoms with Crippen molar-refractivity contribution in [3.05, 3.63) is 28.9 Å². The first-order valence-corrected chi connectivity index (χ1v) is 7.55. The Morgan fingerprint density at radius 1 is 1.50 bits per heavy atom. The van der Waals surface area contributed by atoms with Crippen molar-refractivity contribution in [1.29, 1.82) is 0 Å². The summed E-state index contributed by atoms with van der Waals surface area (Å²) in [6.07, 6.45) is 2.37. The number of rotatable bonds is 3. The van der Waals surface area contributed by atoms with Crippen molar-refractivity contribution in [3.8, 4) is 0 Å². The lowest BCUT2D eigenvalue weighted by molar-refractivity contribution is 0.0733. The summed E-state index contributed by atoms with van der Waals surface area (Å²) < 4.78 is 14.1. The lowest BCUT2D eigenvalue weighted by Gasteiger charge is -2.24. The van der Waals surface area contributed by atoms with Gasteiger partial charge in [0.2, 0.25) is 0 Å². The average Bonchev–Trinajstić information content (AvgIpc) is 3.23. The molecule has 2 N–H and O–H groups in total. The average molecular weight is 292 g/mol. The molecule has 1 aliphatic carbocycles. The van der Waals surface area contributed by atoms with Gasteiger partial charge >= 0.3 is 0 Å². The second-order valence-electron chi connectivity index (χ2n) is 5.48. The van der Waals surface area contributed by atoms with Gasteiger partial charge in [-0.1, -0.05) is 0 Å². The van der Waals surface area contributed by atoms with E-state index in [-0.39, 0.29) is 17.8 Å². The van der Waals surface area contributed by atoms with Gasteiger partial charge < -0.3 is 10.6 Å². The lowest BCUT2D eigenvalue weighted by Crippen LogP contribution is -2.36. The molecule has 3 nitrogen and oxygen atoms in total. The van der Waals surface area contributed by atoms with Crippen LogP contribution in [0.4, 0.5) is 10.1 Å². The summed E-state index contributed by atoms with van der Waals surface area (Å²) in [5.41, 5.74) is 6.43. The first-order chi connectivity index (χ1) is 9.49. The molecule has 0 radical (unpaired) electrons. The van der Waals surface area contributed by atoms with Gasteiger partial charge in [0.25, 0.3) is 5.91 Å². The van der Waals surface area contributed by atoms with E-state index in [0.717, 1.165) is 4.70 Å². The molecule has 3 rings (SSSR count). The van der Waals surface area contributed by atoms with E-state index >= 15 is 0 Å². The Morgan fingerprint density at radius 2 is 2.20 bits per heavy atom.